The van der Waals surface area contributed by atoms with Crippen LogP contribution in [-0.4, -0.2) is 21.1 Å². The monoisotopic (exact) mass is 293 g/mol. The van der Waals surface area contributed by atoms with Crippen molar-refractivity contribution in [1.29, 1.82) is 0 Å². The molecule has 1 aromatic carbocycles. The van der Waals surface area contributed by atoms with Gasteiger partial charge in [-0.05, 0) is 25.4 Å². The molecule has 1 saturated carbocycles. The van der Waals surface area contributed by atoms with Gasteiger partial charge in [-0.3, -0.25) is 19.0 Å². The highest BCUT2D eigenvalue weighted by Crippen LogP contribution is 2.24. The molecule has 1 aliphatic rings. The van der Waals surface area contributed by atoms with E-state index in [2.05, 4.69) is 4.98 Å². The Morgan fingerprint density at radius 2 is 2.33 bits per heavy atom. The Bertz CT molecular complexity index is 1130. The standard InChI is InChI=1S/C15H15N3O3/c1-8-17-11-4-2-3-10(16)14(11)15(21)18(8)12-6-5-9(19)7-13(12)20/h2-4,12H,5-7,16H2,1H3/i1D2,2D,3D,5D2,6D2. The number of benzene rings is 1. The Kier molecular flexibility index (Phi) is 1.59. The van der Waals surface area contributed by atoms with Crippen molar-refractivity contribution in [3.8, 4) is 0 Å². The number of anilines is 1. The molecule has 6 nitrogen and oxygen atoms in total. The molecule has 0 saturated heterocycles. The Hall–Kier alpha value is -2.50. The minimum Gasteiger partial charge on any atom is -0.398 e. The molecule has 2 aromatic rings. The number of aromatic nitrogens is 2. The van der Waals surface area contributed by atoms with Gasteiger partial charge in [0, 0.05) is 20.3 Å². The second-order valence-corrected chi connectivity index (χ2v) is 4.47. The summed E-state index contributed by atoms with van der Waals surface area (Å²) in [5.74, 6) is -3.07. The lowest BCUT2D eigenvalue weighted by Crippen LogP contribution is -2.36. The van der Waals surface area contributed by atoms with Crippen LogP contribution in [0.5, 0.6) is 0 Å². The Labute approximate surface area is 131 Å². The molecule has 6 heteroatoms. The molecule has 1 unspecified atom stereocenters. The van der Waals surface area contributed by atoms with Crippen LogP contribution < -0.4 is 11.3 Å². The van der Waals surface area contributed by atoms with Crippen LogP contribution in [0, 0.1) is 6.88 Å². The third kappa shape index (κ3) is 2.12. The molecule has 1 aliphatic carbocycles. The average Bonchev–Trinajstić information content (AvgIpc) is 2.59. The van der Waals surface area contributed by atoms with E-state index < -0.39 is 72.2 Å². The van der Waals surface area contributed by atoms with Crippen molar-refractivity contribution in [3.05, 3.63) is 34.3 Å². The Morgan fingerprint density at radius 3 is 3.10 bits per heavy atom. The van der Waals surface area contributed by atoms with Crippen LogP contribution in [0.4, 0.5) is 5.69 Å². The van der Waals surface area contributed by atoms with Crippen LogP contribution in [0.1, 0.15) is 42.0 Å². The number of nitrogens with zero attached hydrogens (tertiary/aromatic N) is 2. The lowest BCUT2D eigenvalue weighted by molar-refractivity contribution is -0.132. The molecule has 108 valence electrons. The van der Waals surface area contributed by atoms with Crippen LogP contribution in [0.15, 0.2) is 22.9 Å². The van der Waals surface area contributed by atoms with E-state index in [0.29, 0.717) is 4.57 Å². The molecular formula is C15H15N3O3. The van der Waals surface area contributed by atoms with Crippen molar-refractivity contribution in [1.82, 2.24) is 9.55 Å². The third-order valence-electron chi connectivity index (χ3n) is 3.10. The van der Waals surface area contributed by atoms with Crippen molar-refractivity contribution in [2.45, 2.75) is 32.1 Å². The molecule has 21 heavy (non-hydrogen) atoms. The largest absolute Gasteiger partial charge is 0.398 e. The first kappa shape index (κ1) is 6.98. The van der Waals surface area contributed by atoms with Crippen LogP contribution in [0.3, 0.4) is 0 Å². The lowest BCUT2D eigenvalue weighted by atomic mass is 9.92. The van der Waals surface area contributed by atoms with Crippen LogP contribution in [0.25, 0.3) is 10.9 Å². The molecule has 0 aliphatic heterocycles. The SMILES string of the molecule is [2H]c1cc2nc(C([2H])[2H])n(C3C(=O)CC(=O)C([2H])([2H])C3([2H])[2H])c(=O)c2c(N)c1[2H]. The number of nitrogens with two attached hydrogens (primary N) is 1. The van der Waals surface area contributed by atoms with Gasteiger partial charge in [0.25, 0.3) is 5.56 Å². The summed E-state index contributed by atoms with van der Waals surface area (Å²) >= 11 is 0. The molecule has 2 N–H and O–H groups in total. The molecule has 1 atom stereocenters. The van der Waals surface area contributed by atoms with E-state index in [9.17, 15) is 14.4 Å². The summed E-state index contributed by atoms with van der Waals surface area (Å²) in [4.78, 5) is 41.5. The van der Waals surface area contributed by atoms with Crippen molar-refractivity contribution in [2.24, 2.45) is 0 Å². The van der Waals surface area contributed by atoms with Crippen molar-refractivity contribution >= 4 is 28.2 Å². The zero-order chi connectivity index (χ0) is 22.0. The first-order valence-electron chi connectivity index (χ1n) is 10.1. The fraction of sp³-hybridized carbons (Fsp3) is 0.333. The van der Waals surface area contributed by atoms with Crippen molar-refractivity contribution in [2.75, 3.05) is 5.73 Å². The first-order chi connectivity index (χ1) is 13.2. The first-order valence-corrected chi connectivity index (χ1v) is 5.95. The minimum absolute atomic E-state index is 0.216. The van der Waals surface area contributed by atoms with Crippen LogP contribution in [0.2, 0.25) is 0 Å². The lowest BCUT2D eigenvalue weighted by Gasteiger charge is -2.24. The molecule has 1 heterocycles. The van der Waals surface area contributed by atoms with Crippen LogP contribution >= 0.6 is 0 Å². The van der Waals surface area contributed by atoms with E-state index >= 15 is 0 Å². The van der Waals surface area contributed by atoms with Gasteiger partial charge in [0.1, 0.15) is 11.6 Å². The van der Waals surface area contributed by atoms with Crippen LogP contribution in [-0.2, 0) is 9.59 Å². The number of hydrogen-bond acceptors (Lipinski definition) is 5. The van der Waals surface area contributed by atoms with Gasteiger partial charge in [-0.25, -0.2) is 4.98 Å². The number of nitrogen functional groups attached to an aromatic ring is 1. The second-order valence-electron chi connectivity index (χ2n) is 4.47. The molecule has 0 bridgehead atoms. The predicted octanol–water partition coefficient (Wildman–Crippen LogP) is 1.15. The van der Waals surface area contributed by atoms with Gasteiger partial charge in [0.05, 0.1) is 26.1 Å². The normalized spacial score (nSPS) is 29.7. The second kappa shape index (κ2) is 4.80. The Balaban J connectivity index is 2.47. The summed E-state index contributed by atoms with van der Waals surface area (Å²) in [6.07, 6.45) is -7.28. The van der Waals surface area contributed by atoms with E-state index in [4.69, 9.17) is 16.7 Å². The maximum Gasteiger partial charge on any atom is 0.264 e. The zero-order valence-electron chi connectivity index (χ0n) is 18.6. The fourth-order valence-corrected chi connectivity index (χ4v) is 2.16. The van der Waals surface area contributed by atoms with Gasteiger partial charge in [0.2, 0.25) is 0 Å². The molecular weight excluding hydrogens is 270 g/mol. The highest BCUT2D eigenvalue weighted by molar-refractivity contribution is 6.03. The fourth-order valence-electron chi connectivity index (χ4n) is 2.16. The quantitative estimate of drug-likeness (QED) is 0.628. The van der Waals surface area contributed by atoms with Gasteiger partial charge in [-0.2, -0.15) is 0 Å². The number of aryl methyl sites for hydroxylation is 1. The number of carbonyl (C=O) groups excluding carboxylic acids is 2. The summed E-state index contributed by atoms with van der Waals surface area (Å²) in [5.41, 5.74) is 3.93. The average molecular weight is 293 g/mol. The third-order valence-corrected chi connectivity index (χ3v) is 3.10. The van der Waals surface area contributed by atoms with E-state index in [-0.39, 0.29) is 11.6 Å². The van der Waals surface area contributed by atoms with Crippen molar-refractivity contribution in [3.63, 3.8) is 0 Å². The number of Topliss-reactive ketones (excluding diaryl/α,β-unsaturated/α-hetero) is 2. The molecule has 0 amide bonds. The predicted molar refractivity (Wildman–Crippen MR) is 78.1 cm³/mol. The number of fused-ring (bicyclic) bond motifs is 1. The summed E-state index contributed by atoms with van der Waals surface area (Å²) in [6.45, 7) is -1.98. The highest BCUT2D eigenvalue weighted by Gasteiger charge is 2.30. The summed E-state index contributed by atoms with van der Waals surface area (Å²) in [6, 6.07) is -2.03. The highest BCUT2D eigenvalue weighted by atomic mass is 16.2. The molecule has 0 radical (unpaired) electrons. The maximum atomic E-state index is 13.2. The van der Waals surface area contributed by atoms with Gasteiger partial charge < -0.3 is 5.73 Å². The molecule has 0 spiro atoms. The van der Waals surface area contributed by atoms with E-state index in [1.54, 1.807) is 0 Å². The van der Waals surface area contributed by atoms with Gasteiger partial charge in [-0.1, -0.05) is 6.04 Å². The van der Waals surface area contributed by atoms with E-state index in [1.807, 2.05) is 0 Å². The van der Waals surface area contributed by atoms with Gasteiger partial charge >= 0.3 is 0 Å². The molecule has 1 fully saturated rings. The molecule has 3 rings (SSSR count). The zero-order valence-corrected chi connectivity index (χ0v) is 10.6. The van der Waals surface area contributed by atoms with Gasteiger partial charge in [-0.15, -0.1) is 0 Å². The maximum absolute atomic E-state index is 13.2. The summed E-state index contributed by atoms with van der Waals surface area (Å²) in [7, 11) is 0. The topological polar surface area (TPSA) is 95.0 Å². The van der Waals surface area contributed by atoms with E-state index in [1.165, 1.54) is 0 Å². The summed E-state index contributed by atoms with van der Waals surface area (Å²) in [5, 5.41) is -0.420. The summed E-state index contributed by atoms with van der Waals surface area (Å²) < 4.78 is 63.0. The van der Waals surface area contributed by atoms with E-state index in [0.717, 1.165) is 6.07 Å². The van der Waals surface area contributed by atoms with Crippen molar-refractivity contribution < 1.29 is 20.6 Å². The minimum atomic E-state index is -3.18. The smallest absolute Gasteiger partial charge is 0.264 e. The number of ketones is 2. The van der Waals surface area contributed by atoms with Gasteiger partial charge in [0.15, 0.2) is 5.78 Å². The number of carbonyl (C=O) groups is 2. The number of rotatable bonds is 1. The number of hydrogen-bond donors (Lipinski definition) is 1. The Morgan fingerprint density at radius 1 is 1.52 bits per heavy atom. The molecule has 1 aromatic heterocycles.